The van der Waals surface area contributed by atoms with E-state index in [0.29, 0.717) is 0 Å². The minimum absolute atomic E-state index is 0.729. The quantitative estimate of drug-likeness (QED) is 0.864. The zero-order valence-corrected chi connectivity index (χ0v) is 8.32. The molecule has 4 nitrogen and oxygen atoms in total. The van der Waals surface area contributed by atoms with Crippen LogP contribution in [0.15, 0.2) is 28.7 Å². The van der Waals surface area contributed by atoms with Gasteiger partial charge in [0.25, 0.3) is 0 Å². The van der Waals surface area contributed by atoms with E-state index < -0.39 is 0 Å². The molecule has 0 radical (unpaired) electrons. The fourth-order valence-corrected chi connectivity index (χ4v) is 1.54. The van der Waals surface area contributed by atoms with Crippen LogP contribution < -0.4 is 0 Å². The second kappa shape index (κ2) is 3.66. The van der Waals surface area contributed by atoms with Gasteiger partial charge in [-0.2, -0.15) is 0 Å². The summed E-state index contributed by atoms with van der Waals surface area (Å²) in [7, 11) is 0. The van der Waals surface area contributed by atoms with Crippen LogP contribution >= 0.6 is 15.9 Å². The van der Waals surface area contributed by atoms with E-state index in [0.717, 1.165) is 16.7 Å². The minimum atomic E-state index is 0.729. The lowest BCUT2D eigenvalue weighted by Gasteiger charge is -1.97. The maximum Gasteiger partial charge on any atom is 0.152 e. The number of hydrogen-bond donors (Lipinski definition) is 1. The number of aromatic nitrogens is 4. The molecule has 2 rings (SSSR count). The van der Waals surface area contributed by atoms with Gasteiger partial charge in [0.05, 0.1) is 0 Å². The van der Waals surface area contributed by atoms with Crippen LogP contribution in [0.3, 0.4) is 0 Å². The zero-order chi connectivity index (χ0) is 9.10. The van der Waals surface area contributed by atoms with Crippen LogP contribution in [0.25, 0.3) is 0 Å². The smallest absolute Gasteiger partial charge is 0.152 e. The molecule has 0 saturated heterocycles. The van der Waals surface area contributed by atoms with Gasteiger partial charge >= 0.3 is 0 Å². The lowest BCUT2D eigenvalue weighted by Crippen LogP contribution is -1.90. The lowest BCUT2D eigenvalue weighted by atomic mass is 10.1. The molecule has 5 heteroatoms. The van der Waals surface area contributed by atoms with Gasteiger partial charge in [-0.05, 0) is 28.1 Å². The first kappa shape index (κ1) is 8.37. The van der Waals surface area contributed by atoms with Crippen molar-refractivity contribution in [2.24, 2.45) is 0 Å². The van der Waals surface area contributed by atoms with Gasteiger partial charge in [-0.3, -0.25) is 0 Å². The van der Waals surface area contributed by atoms with E-state index in [4.69, 9.17) is 0 Å². The predicted molar refractivity (Wildman–Crippen MR) is 51.1 cm³/mol. The second-order valence-corrected chi connectivity index (χ2v) is 3.57. The van der Waals surface area contributed by atoms with E-state index in [1.54, 1.807) is 0 Å². The monoisotopic (exact) mass is 238 g/mol. The molecule has 0 fully saturated rings. The van der Waals surface area contributed by atoms with Gasteiger partial charge in [-0.25, -0.2) is 5.10 Å². The molecule has 0 unspecified atom stereocenters. The van der Waals surface area contributed by atoms with Gasteiger partial charge in [0, 0.05) is 10.9 Å². The van der Waals surface area contributed by atoms with E-state index >= 15 is 0 Å². The standard InChI is InChI=1S/C8H7BrN4/c9-7-3-1-2-6(4-7)5-8-10-12-13-11-8/h1-4H,5H2,(H,10,11,12,13). The third kappa shape index (κ3) is 2.12. The molecule has 13 heavy (non-hydrogen) atoms. The Morgan fingerprint density at radius 1 is 1.38 bits per heavy atom. The summed E-state index contributed by atoms with van der Waals surface area (Å²) in [5, 5.41) is 13.5. The Hall–Kier alpha value is -1.23. The van der Waals surface area contributed by atoms with Crippen molar-refractivity contribution in [3.63, 3.8) is 0 Å². The summed E-state index contributed by atoms with van der Waals surface area (Å²) < 4.78 is 1.07. The first-order chi connectivity index (χ1) is 6.34. The topological polar surface area (TPSA) is 54.5 Å². The number of benzene rings is 1. The van der Waals surface area contributed by atoms with Gasteiger partial charge in [0.15, 0.2) is 5.82 Å². The van der Waals surface area contributed by atoms with Crippen molar-refractivity contribution in [2.45, 2.75) is 6.42 Å². The second-order valence-electron chi connectivity index (χ2n) is 2.65. The van der Waals surface area contributed by atoms with Crippen molar-refractivity contribution in [3.8, 4) is 0 Å². The highest BCUT2D eigenvalue weighted by Gasteiger charge is 1.99. The Morgan fingerprint density at radius 3 is 3.00 bits per heavy atom. The zero-order valence-electron chi connectivity index (χ0n) is 6.74. The summed E-state index contributed by atoms with van der Waals surface area (Å²) in [6, 6.07) is 8.06. The average molecular weight is 239 g/mol. The Bertz CT molecular complexity index is 385. The normalized spacial score (nSPS) is 10.2. The molecule has 0 saturated carbocycles. The highest BCUT2D eigenvalue weighted by molar-refractivity contribution is 9.10. The summed E-state index contributed by atoms with van der Waals surface area (Å²) in [6.45, 7) is 0. The van der Waals surface area contributed by atoms with E-state index in [2.05, 4.69) is 36.6 Å². The molecule has 0 bridgehead atoms. The Kier molecular flexibility index (Phi) is 2.35. The summed E-state index contributed by atoms with van der Waals surface area (Å²) in [4.78, 5) is 0. The number of tetrazole rings is 1. The van der Waals surface area contributed by atoms with Crippen molar-refractivity contribution in [1.29, 1.82) is 0 Å². The first-order valence-corrected chi connectivity index (χ1v) is 4.61. The van der Waals surface area contributed by atoms with Crippen molar-refractivity contribution in [1.82, 2.24) is 20.6 Å². The van der Waals surface area contributed by atoms with Crippen LogP contribution in [0, 0.1) is 0 Å². The van der Waals surface area contributed by atoms with E-state index in [1.807, 2.05) is 24.3 Å². The highest BCUT2D eigenvalue weighted by atomic mass is 79.9. The van der Waals surface area contributed by atoms with Crippen molar-refractivity contribution >= 4 is 15.9 Å². The lowest BCUT2D eigenvalue weighted by molar-refractivity contribution is 0.881. The molecular formula is C8H7BrN4. The maximum absolute atomic E-state index is 3.81. The molecule has 0 aliphatic carbocycles. The Labute approximate surface area is 83.5 Å². The molecule has 1 heterocycles. The Balaban J connectivity index is 2.19. The Morgan fingerprint density at radius 2 is 2.31 bits per heavy atom. The number of hydrogen-bond acceptors (Lipinski definition) is 3. The largest absolute Gasteiger partial charge is 0.243 e. The fourth-order valence-electron chi connectivity index (χ4n) is 1.09. The molecule has 0 aliphatic rings. The first-order valence-electron chi connectivity index (χ1n) is 3.81. The molecule has 1 aromatic carbocycles. The highest BCUT2D eigenvalue weighted by Crippen LogP contribution is 2.13. The number of nitrogens with one attached hydrogen (secondary N) is 1. The fraction of sp³-hybridized carbons (Fsp3) is 0.125. The van der Waals surface area contributed by atoms with Crippen LogP contribution in [0.1, 0.15) is 11.4 Å². The molecule has 0 aliphatic heterocycles. The predicted octanol–water partition coefficient (Wildman–Crippen LogP) is 1.55. The van der Waals surface area contributed by atoms with Gasteiger partial charge in [0.1, 0.15) is 0 Å². The third-order valence-electron chi connectivity index (χ3n) is 1.65. The summed E-state index contributed by atoms with van der Waals surface area (Å²) in [5.41, 5.74) is 1.17. The van der Waals surface area contributed by atoms with Crippen LogP contribution in [0.2, 0.25) is 0 Å². The number of rotatable bonds is 2. The average Bonchev–Trinajstić information content (AvgIpc) is 2.57. The molecule has 2 aromatic rings. The van der Waals surface area contributed by atoms with E-state index in [9.17, 15) is 0 Å². The molecule has 1 N–H and O–H groups in total. The van der Waals surface area contributed by atoms with Crippen LogP contribution in [0.4, 0.5) is 0 Å². The SMILES string of the molecule is Brc1cccc(Cc2nnn[nH]2)c1. The van der Waals surface area contributed by atoms with E-state index in [-0.39, 0.29) is 0 Å². The summed E-state index contributed by atoms with van der Waals surface area (Å²) in [6.07, 6.45) is 0.729. The molecule has 0 amide bonds. The van der Waals surface area contributed by atoms with Crippen molar-refractivity contribution < 1.29 is 0 Å². The van der Waals surface area contributed by atoms with Crippen LogP contribution in [0.5, 0.6) is 0 Å². The molecular weight excluding hydrogens is 232 g/mol. The van der Waals surface area contributed by atoms with Crippen molar-refractivity contribution in [3.05, 3.63) is 40.1 Å². The number of H-pyrrole nitrogens is 1. The van der Waals surface area contributed by atoms with Gasteiger partial charge in [-0.15, -0.1) is 5.10 Å². The maximum atomic E-state index is 3.81. The van der Waals surface area contributed by atoms with Gasteiger partial charge in [0.2, 0.25) is 0 Å². The van der Waals surface area contributed by atoms with Gasteiger partial charge in [-0.1, -0.05) is 28.1 Å². The third-order valence-corrected chi connectivity index (χ3v) is 2.14. The summed E-state index contributed by atoms with van der Waals surface area (Å²) in [5.74, 6) is 0.776. The van der Waals surface area contributed by atoms with E-state index in [1.165, 1.54) is 5.56 Å². The number of nitrogens with zero attached hydrogens (tertiary/aromatic N) is 3. The minimum Gasteiger partial charge on any atom is -0.243 e. The molecule has 66 valence electrons. The summed E-state index contributed by atoms with van der Waals surface area (Å²) >= 11 is 3.40. The van der Waals surface area contributed by atoms with Crippen LogP contribution in [-0.2, 0) is 6.42 Å². The number of halogens is 1. The molecule has 0 spiro atoms. The number of aromatic amines is 1. The van der Waals surface area contributed by atoms with Crippen molar-refractivity contribution in [2.75, 3.05) is 0 Å². The van der Waals surface area contributed by atoms with Crippen LogP contribution in [-0.4, -0.2) is 20.6 Å². The molecule has 0 atom stereocenters. The molecule has 1 aromatic heterocycles. The van der Waals surface area contributed by atoms with Gasteiger partial charge < -0.3 is 0 Å².